The monoisotopic (exact) mass is 469 g/mol. The Morgan fingerprint density at radius 1 is 0.853 bits per heavy atom. The standard InChI is InChI=1S/C30H47NO3/c1-17-10-11-26(18(17)2)27-13-24(14-30(33)34-9)12-25(27)15-29(32)31(8)16-28-22(6)20(4)19(3)21(5)23(28)7/h17-18,24-27H,10-16H2,1-9H3/t17-,18-,24?,25?,26+,27?/m1/s1. The molecule has 0 aliphatic heterocycles. The predicted octanol–water partition coefficient (Wildman–Crippen LogP) is 6.46. The smallest absolute Gasteiger partial charge is 0.305 e. The van der Waals surface area contributed by atoms with E-state index in [0.29, 0.717) is 49.0 Å². The predicted molar refractivity (Wildman–Crippen MR) is 139 cm³/mol. The molecular formula is C30H47NO3. The van der Waals surface area contributed by atoms with E-state index < -0.39 is 0 Å². The van der Waals surface area contributed by atoms with Crippen molar-refractivity contribution in [3.8, 4) is 0 Å². The largest absolute Gasteiger partial charge is 0.469 e. The van der Waals surface area contributed by atoms with Gasteiger partial charge in [-0.3, -0.25) is 9.59 Å². The molecule has 2 saturated carbocycles. The first-order valence-corrected chi connectivity index (χ1v) is 13.3. The summed E-state index contributed by atoms with van der Waals surface area (Å²) in [5.41, 5.74) is 7.95. The van der Waals surface area contributed by atoms with Crippen molar-refractivity contribution in [2.45, 2.75) is 93.5 Å². The zero-order valence-electron chi connectivity index (χ0n) is 23.1. The molecule has 2 aliphatic carbocycles. The Morgan fingerprint density at radius 3 is 1.97 bits per heavy atom. The maximum atomic E-state index is 13.5. The molecule has 0 heterocycles. The Hall–Kier alpha value is -1.84. The third kappa shape index (κ3) is 5.36. The van der Waals surface area contributed by atoms with Gasteiger partial charge >= 0.3 is 5.97 Å². The lowest BCUT2D eigenvalue weighted by Crippen LogP contribution is -2.31. The summed E-state index contributed by atoms with van der Waals surface area (Å²) in [6.45, 7) is 16.4. The highest BCUT2D eigenvalue weighted by Gasteiger charge is 2.45. The van der Waals surface area contributed by atoms with E-state index in [-0.39, 0.29) is 11.9 Å². The number of ether oxygens (including phenoxy) is 1. The van der Waals surface area contributed by atoms with Crippen LogP contribution in [0.25, 0.3) is 0 Å². The first-order chi connectivity index (χ1) is 16.0. The third-order valence-corrected chi connectivity index (χ3v) is 10.0. The highest BCUT2D eigenvalue weighted by molar-refractivity contribution is 5.76. The van der Waals surface area contributed by atoms with Crippen LogP contribution in [-0.2, 0) is 20.9 Å². The van der Waals surface area contributed by atoms with Crippen molar-refractivity contribution in [3.63, 3.8) is 0 Å². The lowest BCUT2D eigenvalue weighted by molar-refractivity contribution is -0.141. The van der Waals surface area contributed by atoms with Crippen LogP contribution in [0.3, 0.4) is 0 Å². The van der Waals surface area contributed by atoms with Gasteiger partial charge < -0.3 is 9.64 Å². The van der Waals surface area contributed by atoms with Crippen molar-refractivity contribution < 1.29 is 14.3 Å². The summed E-state index contributed by atoms with van der Waals surface area (Å²) < 4.78 is 4.97. The third-order valence-electron chi connectivity index (χ3n) is 10.0. The number of benzene rings is 1. The van der Waals surface area contributed by atoms with Gasteiger partial charge in [0.15, 0.2) is 0 Å². The van der Waals surface area contributed by atoms with E-state index in [1.807, 2.05) is 11.9 Å². The van der Waals surface area contributed by atoms with Crippen LogP contribution >= 0.6 is 0 Å². The number of carbonyl (C=O) groups excluding carboxylic acids is 2. The van der Waals surface area contributed by atoms with E-state index >= 15 is 0 Å². The minimum absolute atomic E-state index is 0.114. The number of nitrogens with zero attached hydrogens (tertiary/aromatic N) is 1. The van der Waals surface area contributed by atoms with Gasteiger partial charge in [-0.15, -0.1) is 0 Å². The Labute approximate surface area is 207 Å². The highest BCUT2D eigenvalue weighted by Crippen LogP contribution is 2.52. The van der Waals surface area contributed by atoms with Crippen LogP contribution in [0.4, 0.5) is 0 Å². The van der Waals surface area contributed by atoms with Crippen LogP contribution in [0.15, 0.2) is 0 Å². The summed E-state index contributed by atoms with van der Waals surface area (Å²) in [6, 6.07) is 0. The van der Waals surface area contributed by atoms with Crippen LogP contribution < -0.4 is 0 Å². The second-order valence-electron chi connectivity index (χ2n) is 11.7. The Kier molecular flexibility index (Phi) is 8.52. The summed E-state index contributed by atoms with van der Waals surface area (Å²) in [5.74, 6) is 3.50. The zero-order valence-corrected chi connectivity index (χ0v) is 23.1. The molecule has 1 aromatic carbocycles. The molecule has 190 valence electrons. The summed E-state index contributed by atoms with van der Waals surface area (Å²) >= 11 is 0. The zero-order chi connectivity index (χ0) is 25.3. The molecule has 4 nitrogen and oxygen atoms in total. The molecule has 0 N–H and O–H groups in total. The van der Waals surface area contributed by atoms with Gasteiger partial charge in [0.2, 0.25) is 5.91 Å². The van der Waals surface area contributed by atoms with Crippen molar-refractivity contribution in [2.75, 3.05) is 14.2 Å². The molecule has 0 radical (unpaired) electrons. The van der Waals surface area contributed by atoms with E-state index in [1.54, 1.807) is 0 Å². The SMILES string of the molecule is COC(=O)CC1CC(CC(=O)N(C)Cc2c(C)c(C)c(C)c(C)c2C)C([C@H]2CC[C@@H](C)[C@H]2C)C1. The Balaban J connectivity index is 1.75. The molecule has 2 fully saturated rings. The van der Waals surface area contributed by atoms with Crippen molar-refractivity contribution in [2.24, 2.45) is 35.5 Å². The lowest BCUT2D eigenvalue weighted by Gasteiger charge is -2.31. The summed E-state index contributed by atoms with van der Waals surface area (Å²) in [7, 11) is 3.44. The van der Waals surface area contributed by atoms with Gasteiger partial charge in [-0.05, 0) is 123 Å². The van der Waals surface area contributed by atoms with Crippen molar-refractivity contribution >= 4 is 11.9 Å². The fourth-order valence-electron chi connectivity index (χ4n) is 7.05. The Bertz CT molecular complexity index is 891. The van der Waals surface area contributed by atoms with Crippen LogP contribution in [-0.4, -0.2) is 30.9 Å². The van der Waals surface area contributed by atoms with E-state index in [9.17, 15) is 9.59 Å². The molecule has 3 rings (SSSR count). The van der Waals surface area contributed by atoms with Crippen molar-refractivity contribution in [1.82, 2.24) is 4.90 Å². The molecule has 1 amide bonds. The topological polar surface area (TPSA) is 46.6 Å². The van der Waals surface area contributed by atoms with Gasteiger partial charge in [-0.25, -0.2) is 0 Å². The molecule has 2 aliphatic rings. The number of carbonyl (C=O) groups is 2. The molecule has 6 atom stereocenters. The van der Waals surface area contributed by atoms with Gasteiger partial charge in [-0.1, -0.05) is 20.3 Å². The second-order valence-corrected chi connectivity index (χ2v) is 11.7. The van der Waals surface area contributed by atoms with E-state index in [2.05, 4.69) is 48.5 Å². The molecular weight excluding hydrogens is 422 g/mol. The number of esters is 1. The first kappa shape index (κ1) is 26.8. The fourth-order valence-corrected chi connectivity index (χ4v) is 7.05. The van der Waals surface area contributed by atoms with Crippen molar-refractivity contribution in [3.05, 3.63) is 33.4 Å². The molecule has 4 heteroatoms. The van der Waals surface area contributed by atoms with Crippen LogP contribution in [0, 0.1) is 70.1 Å². The molecule has 0 spiro atoms. The molecule has 3 unspecified atom stereocenters. The number of hydrogen-bond donors (Lipinski definition) is 0. The quantitative estimate of drug-likeness (QED) is 0.430. The van der Waals surface area contributed by atoms with Gasteiger partial charge in [-0.2, -0.15) is 0 Å². The normalized spacial score (nSPS) is 28.9. The average molecular weight is 470 g/mol. The summed E-state index contributed by atoms with van der Waals surface area (Å²) in [6.07, 6.45) is 5.67. The van der Waals surface area contributed by atoms with Gasteiger partial charge in [0.05, 0.1) is 7.11 Å². The number of hydrogen-bond acceptors (Lipinski definition) is 3. The number of methoxy groups -OCH3 is 1. The van der Waals surface area contributed by atoms with E-state index in [1.165, 1.54) is 53.3 Å². The number of rotatable bonds is 7. The van der Waals surface area contributed by atoms with Crippen molar-refractivity contribution in [1.29, 1.82) is 0 Å². The second kappa shape index (κ2) is 10.8. The van der Waals surface area contributed by atoms with E-state index in [0.717, 1.165) is 18.8 Å². The fraction of sp³-hybridized carbons (Fsp3) is 0.733. The van der Waals surface area contributed by atoms with Crippen LogP contribution in [0.2, 0.25) is 0 Å². The first-order valence-electron chi connectivity index (χ1n) is 13.3. The summed E-state index contributed by atoms with van der Waals surface area (Å²) in [5, 5.41) is 0. The molecule has 0 bridgehead atoms. The van der Waals surface area contributed by atoms with Crippen LogP contribution in [0.5, 0.6) is 0 Å². The minimum Gasteiger partial charge on any atom is -0.469 e. The summed E-state index contributed by atoms with van der Waals surface area (Å²) in [4.78, 5) is 27.4. The maximum Gasteiger partial charge on any atom is 0.305 e. The van der Waals surface area contributed by atoms with E-state index in [4.69, 9.17) is 4.74 Å². The molecule has 34 heavy (non-hydrogen) atoms. The maximum absolute atomic E-state index is 13.5. The molecule has 0 saturated heterocycles. The number of amides is 1. The Morgan fingerprint density at radius 2 is 1.44 bits per heavy atom. The molecule has 0 aromatic heterocycles. The minimum atomic E-state index is -0.114. The highest BCUT2D eigenvalue weighted by atomic mass is 16.5. The van der Waals surface area contributed by atoms with Gasteiger partial charge in [0, 0.05) is 26.4 Å². The lowest BCUT2D eigenvalue weighted by atomic mass is 9.76. The van der Waals surface area contributed by atoms with Crippen LogP contribution in [0.1, 0.15) is 85.8 Å². The van der Waals surface area contributed by atoms with Gasteiger partial charge in [0.1, 0.15) is 0 Å². The molecule has 1 aromatic rings. The average Bonchev–Trinajstić information content (AvgIpc) is 3.35. The van der Waals surface area contributed by atoms with Gasteiger partial charge in [0.25, 0.3) is 0 Å².